The van der Waals surface area contributed by atoms with Gasteiger partial charge >= 0.3 is 0 Å². The van der Waals surface area contributed by atoms with Crippen molar-refractivity contribution in [2.45, 2.75) is 0 Å². The van der Waals surface area contributed by atoms with Crippen LogP contribution in [0.5, 0.6) is 5.75 Å². The SMILES string of the molecule is COc1ccc(-c2ccc(C#Cc3ccc4cc(F)ccc4c3)cc2)cc1. The van der Waals surface area contributed by atoms with E-state index in [9.17, 15) is 4.39 Å². The van der Waals surface area contributed by atoms with Crippen molar-refractivity contribution in [3.63, 3.8) is 0 Å². The summed E-state index contributed by atoms with van der Waals surface area (Å²) < 4.78 is 18.5. The van der Waals surface area contributed by atoms with E-state index in [-0.39, 0.29) is 5.82 Å². The van der Waals surface area contributed by atoms with Gasteiger partial charge in [-0.2, -0.15) is 0 Å². The average molecular weight is 352 g/mol. The highest BCUT2D eigenvalue weighted by Gasteiger charge is 1.99. The van der Waals surface area contributed by atoms with E-state index < -0.39 is 0 Å². The number of hydrogen-bond donors (Lipinski definition) is 0. The molecule has 0 saturated heterocycles. The summed E-state index contributed by atoms with van der Waals surface area (Å²) in [6, 6.07) is 26.7. The summed E-state index contributed by atoms with van der Waals surface area (Å²) in [6.07, 6.45) is 0. The van der Waals surface area contributed by atoms with Gasteiger partial charge in [0.05, 0.1) is 7.11 Å². The summed E-state index contributed by atoms with van der Waals surface area (Å²) in [5.41, 5.74) is 4.13. The molecule has 0 aliphatic rings. The molecule has 0 fully saturated rings. The summed E-state index contributed by atoms with van der Waals surface area (Å²) in [5, 5.41) is 1.86. The molecule has 0 aliphatic carbocycles. The Balaban J connectivity index is 1.56. The van der Waals surface area contributed by atoms with Crippen LogP contribution < -0.4 is 4.74 Å². The van der Waals surface area contributed by atoms with Gasteiger partial charge in [0.15, 0.2) is 0 Å². The molecular formula is C25H17FO. The first-order chi connectivity index (χ1) is 13.2. The summed E-state index contributed by atoms with van der Waals surface area (Å²) in [6.45, 7) is 0. The second kappa shape index (κ2) is 7.35. The zero-order valence-electron chi connectivity index (χ0n) is 14.9. The monoisotopic (exact) mass is 352 g/mol. The van der Waals surface area contributed by atoms with Crippen molar-refractivity contribution < 1.29 is 9.13 Å². The molecule has 4 rings (SSSR count). The maximum absolute atomic E-state index is 13.3. The Labute approximate surface area is 158 Å². The molecule has 0 bridgehead atoms. The van der Waals surface area contributed by atoms with Gasteiger partial charge in [0, 0.05) is 11.1 Å². The van der Waals surface area contributed by atoms with E-state index >= 15 is 0 Å². The molecule has 0 spiro atoms. The number of hydrogen-bond acceptors (Lipinski definition) is 1. The predicted molar refractivity (Wildman–Crippen MR) is 108 cm³/mol. The second-order valence-corrected chi connectivity index (χ2v) is 6.26. The molecule has 2 heteroatoms. The largest absolute Gasteiger partial charge is 0.497 e. The molecule has 1 nitrogen and oxygen atoms in total. The Kier molecular flexibility index (Phi) is 4.60. The molecule has 130 valence electrons. The highest BCUT2D eigenvalue weighted by molar-refractivity contribution is 5.84. The van der Waals surface area contributed by atoms with Gasteiger partial charge < -0.3 is 4.74 Å². The average Bonchev–Trinajstić information content (AvgIpc) is 2.72. The Morgan fingerprint density at radius 1 is 0.630 bits per heavy atom. The van der Waals surface area contributed by atoms with Crippen LogP contribution in [-0.2, 0) is 0 Å². The van der Waals surface area contributed by atoms with E-state index in [1.165, 1.54) is 12.1 Å². The molecule has 0 heterocycles. The third kappa shape index (κ3) is 3.83. The Hall–Kier alpha value is -3.57. The van der Waals surface area contributed by atoms with Crippen molar-refractivity contribution in [2.24, 2.45) is 0 Å². The first kappa shape index (κ1) is 16.9. The van der Waals surface area contributed by atoms with E-state index in [0.29, 0.717) is 0 Å². The van der Waals surface area contributed by atoms with Gasteiger partial charge in [0.1, 0.15) is 11.6 Å². The number of benzene rings is 4. The number of rotatable bonds is 2. The van der Waals surface area contributed by atoms with Crippen molar-refractivity contribution in [1.29, 1.82) is 0 Å². The van der Waals surface area contributed by atoms with Crippen LogP contribution in [0, 0.1) is 17.7 Å². The Bertz CT molecular complexity index is 1150. The summed E-state index contributed by atoms with van der Waals surface area (Å²) >= 11 is 0. The molecular weight excluding hydrogens is 335 g/mol. The highest BCUT2D eigenvalue weighted by atomic mass is 19.1. The third-order valence-corrected chi connectivity index (χ3v) is 4.46. The second-order valence-electron chi connectivity index (χ2n) is 6.26. The fourth-order valence-corrected chi connectivity index (χ4v) is 2.97. The Morgan fingerprint density at radius 2 is 1.19 bits per heavy atom. The summed E-state index contributed by atoms with van der Waals surface area (Å²) in [4.78, 5) is 0. The minimum absolute atomic E-state index is 0.224. The van der Waals surface area contributed by atoms with Gasteiger partial charge in [-0.3, -0.25) is 0 Å². The van der Waals surface area contributed by atoms with E-state index in [2.05, 4.69) is 24.0 Å². The lowest BCUT2D eigenvalue weighted by Gasteiger charge is -2.04. The van der Waals surface area contributed by atoms with Gasteiger partial charge in [-0.15, -0.1) is 0 Å². The fourth-order valence-electron chi connectivity index (χ4n) is 2.97. The summed E-state index contributed by atoms with van der Waals surface area (Å²) in [5.74, 6) is 6.99. The molecule has 0 aromatic heterocycles. The molecule has 27 heavy (non-hydrogen) atoms. The van der Waals surface area contributed by atoms with Crippen LogP contribution >= 0.6 is 0 Å². The zero-order valence-corrected chi connectivity index (χ0v) is 14.9. The van der Waals surface area contributed by atoms with E-state index in [4.69, 9.17) is 4.74 Å². The van der Waals surface area contributed by atoms with Crippen LogP contribution in [0.25, 0.3) is 21.9 Å². The van der Waals surface area contributed by atoms with Gasteiger partial charge in [-0.05, 0) is 70.4 Å². The van der Waals surface area contributed by atoms with Crippen molar-refractivity contribution in [2.75, 3.05) is 7.11 Å². The normalized spacial score (nSPS) is 10.3. The molecule has 4 aromatic rings. The first-order valence-electron chi connectivity index (χ1n) is 8.67. The Morgan fingerprint density at radius 3 is 1.89 bits per heavy atom. The van der Waals surface area contributed by atoms with Crippen LogP contribution in [0.1, 0.15) is 11.1 Å². The molecule has 0 unspecified atom stereocenters. The molecule has 4 aromatic carbocycles. The third-order valence-electron chi connectivity index (χ3n) is 4.46. The van der Waals surface area contributed by atoms with Crippen LogP contribution in [-0.4, -0.2) is 7.11 Å². The van der Waals surface area contributed by atoms with Gasteiger partial charge in [0.2, 0.25) is 0 Å². The van der Waals surface area contributed by atoms with Crippen molar-refractivity contribution in [1.82, 2.24) is 0 Å². The number of fused-ring (bicyclic) bond motifs is 1. The lowest BCUT2D eigenvalue weighted by Crippen LogP contribution is -1.83. The molecule has 0 N–H and O–H groups in total. The van der Waals surface area contributed by atoms with Gasteiger partial charge in [-0.25, -0.2) is 4.39 Å². The summed E-state index contributed by atoms with van der Waals surface area (Å²) in [7, 11) is 1.66. The minimum Gasteiger partial charge on any atom is -0.497 e. The first-order valence-corrected chi connectivity index (χ1v) is 8.67. The van der Waals surface area contributed by atoms with Gasteiger partial charge in [-0.1, -0.05) is 48.2 Å². The van der Waals surface area contributed by atoms with Crippen LogP contribution in [0.4, 0.5) is 4.39 Å². The lowest BCUT2D eigenvalue weighted by molar-refractivity contribution is 0.415. The molecule has 0 amide bonds. The maximum atomic E-state index is 13.3. The quantitative estimate of drug-likeness (QED) is 0.399. The van der Waals surface area contributed by atoms with Crippen LogP contribution in [0.3, 0.4) is 0 Å². The van der Waals surface area contributed by atoms with Gasteiger partial charge in [0.25, 0.3) is 0 Å². The maximum Gasteiger partial charge on any atom is 0.123 e. The molecule has 0 saturated carbocycles. The number of halogens is 1. The van der Waals surface area contributed by atoms with Crippen LogP contribution in [0.15, 0.2) is 84.9 Å². The van der Waals surface area contributed by atoms with Crippen molar-refractivity contribution >= 4 is 10.8 Å². The number of methoxy groups -OCH3 is 1. The fraction of sp³-hybridized carbons (Fsp3) is 0.0400. The molecule has 0 radical (unpaired) electrons. The van der Waals surface area contributed by atoms with E-state index in [1.807, 2.05) is 54.6 Å². The smallest absolute Gasteiger partial charge is 0.123 e. The predicted octanol–water partition coefficient (Wildman–Crippen LogP) is 6.05. The topological polar surface area (TPSA) is 9.23 Å². The van der Waals surface area contributed by atoms with Crippen molar-refractivity contribution in [3.05, 3.63) is 102 Å². The van der Waals surface area contributed by atoms with Crippen molar-refractivity contribution in [3.8, 4) is 28.7 Å². The minimum atomic E-state index is -0.224. The highest BCUT2D eigenvalue weighted by Crippen LogP contribution is 2.22. The molecule has 0 aliphatic heterocycles. The zero-order chi connectivity index (χ0) is 18.6. The van der Waals surface area contributed by atoms with Crippen LogP contribution in [0.2, 0.25) is 0 Å². The molecule has 0 atom stereocenters. The van der Waals surface area contributed by atoms with E-state index in [0.717, 1.165) is 38.8 Å². The lowest BCUT2D eigenvalue weighted by atomic mass is 10.0. The number of ether oxygens (including phenoxy) is 1. The standard InChI is InChI=1S/C25H17FO/c1-27-25-14-11-21(12-15-25)20-7-4-18(5-8-20)2-3-19-6-9-23-17-24(26)13-10-22(23)16-19/h4-17H,1H3. The van der Waals surface area contributed by atoms with E-state index in [1.54, 1.807) is 13.2 Å².